The van der Waals surface area contributed by atoms with Gasteiger partial charge >= 0.3 is 5.76 Å². The van der Waals surface area contributed by atoms with Gasteiger partial charge in [-0.1, -0.05) is 17.3 Å². The van der Waals surface area contributed by atoms with Gasteiger partial charge in [-0.3, -0.25) is 9.32 Å². The highest BCUT2D eigenvalue weighted by molar-refractivity contribution is 5.76. The average molecular weight is 413 g/mol. The maximum atomic E-state index is 12.7. The molecule has 0 spiro atoms. The quantitative estimate of drug-likeness (QED) is 0.558. The molecular weight excluding hydrogens is 390 g/mol. The van der Waals surface area contributed by atoms with Crippen molar-refractivity contribution in [1.29, 1.82) is 0 Å². The first-order valence-electron chi connectivity index (χ1n) is 9.12. The number of rotatable bonds is 8. The fraction of sp³-hybridized carbons (Fsp3) is 0.286. The Morgan fingerprint density at radius 1 is 1.07 bits per heavy atom. The molecule has 9 heteroatoms. The lowest BCUT2D eigenvalue weighted by molar-refractivity contribution is -0.131. The SMILES string of the molecule is COc1cccc(CN(C)C(=O)Cn2c(-c3ccc(OC)c(OC)c3)noc2=O)c1. The summed E-state index contributed by atoms with van der Waals surface area (Å²) in [7, 11) is 6.29. The van der Waals surface area contributed by atoms with Crippen LogP contribution in [0.1, 0.15) is 5.56 Å². The van der Waals surface area contributed by atoms with Crippen LogP contribution in [0, 0.1) is 0 Å². The van der Waals surface area contributed by atoms with Crippen LogP contribution in [0.2, 0.25) is 0 Å². The number of hydrogen-bond donors (Lipinski definition) is 0. The molecule has 0 aliphatic carbocycles. The molecule has 0 aliphatic heterocycles. The van der Waals surface area contributed by atoms with Gasteiger partial charge in [-0.05, 0) is 35.9 Å². The second kappa shape index (κ2) is 9.17. The Bertz CT molecular complexity index is 1090. The summed E-state index contributed by atoms with van der Waals surface area (Å²) >= 11 is 0. The van der Waals surface area contributed by atoms with Crippen molar-refractivity contribution in [3.63, 3.8) is 0 Å². The molecule has 0 aliphatic rings. The minimum Gasteiger partial charge on any atom is -0.497 e. The van der Waals surface area contributed by atoms with E-state index in [-0.39, 0.29) is 18.3 Å². The van der Waals surface area contributed by atoms with Crippen molar-refractivity contribution >= 4 is 5.91 Å². The van der Waals surface area contributed by atoms with Gasteiger partial charge in [0, 0.05) is 19.2 Å². The van der Waals surface area contributed by atoms with Gasteiger partial charge < -0.3 is 19.1 Å². The summed E-state index contributed by atoms with van der Waals surface area (Å²) in [5.74, 6) is 0.947. The third-order valence-electron chi connectivity index (χ3n) is 4.60. The largest absolute Gasteiger partial charge is 0.497 e. The fourth-order valence-electron chi connectivity index (χ4n) is 2.98. The number of benzene rings is 2. The van der Waals surface area contributed by atoms with Crippen LogP contribution >= 0.6 is 0 Å². The van der Waals surface area contributed by atoms with Crippen molar-refractivity contribution in [3.8, 4) is 28.6 Å². The maximum absolute atomic E-state index is 12.7. The van der Waals surface area contributed by atoms with Crippen LogP contribution < -0.4 is 20.0 Å². The Labute approximate surface area is 173 Å². The Hall–Kier alpha value is -3.75. The Morgan fingerprint density at radius 3 is 2.53 bits per heavy atom. The smallest absolute Gasteiger partial charge is 0.442 e. The second-order valence-electron chi connectivity index (χ2n) is 6.53. The van der Waals surface area contributed by atoms with Gasteiger partial charge in [0.05, 0.1) is 21.3 Å². The summed E-state index contributed by atoms with van der Waals surface area (Å²) in [6.07, 6.45) is 0. The first-order chi connectivity index (χ1) is 14.5. The van der Waals surface area contributed by atoms with E-state index in [0.717, 1.165) is 5.56 Å². The molecule has 1 aromatic heterocycles. The summed E-state index contributed by atoms with van der Waals surface area (Å²) in [5.41, 5.74) is 1.46. The molecule has 0 N–H and O–H groups in total. The number of likely N-dealkylation sites (N-methyl/N-ethyl adjacent to an activating group) is 1. The van der Waals surface area contributed by atoms with Crippen molar-refractivity contribution in [2.45, 2.75) is 13.1 Å². The van der Waals surface area contributed by atoms with Gasteiger partial charge in [-0.25, -0.2) is 9.36 Å². The molecule has 1 heterocycles. The number of hydrogen-bond acceptors (Lipinski definition) is 7. The fourth-order valence-corrected chi connectivity index (χ4v) is 2.98. The molecule has 0 radical (unpaired) electrons. The molecule has 1 amide bonds. The van der Waals surface area contributed by atoms with Gasteiger partial charge in [-0.2, -0.15) is 0 Å². The lowest BCUT2D eigenvalue weighted by Gasteiger charge is -2.18. The highest BCUT2D eigenvalue weighted by Crippen LogP contribution is 2.31. The minimum atomic E-state index is -0.720. The molecule has 0 saturated carbocycles. The molecule has 0 atom stereocenters. The highest BCUT2D eigenvalue weighted by atomic mass is 16.5. The first-order valence-corrected chi connectivity index (χ1v) is 9.12. The van der Waals surface area contributed by atoms with Gasteiger partial charge in [0.2, 0.25) is 5.91 Å². The second-order valence-corrected chi connectivity index (χ2v) is 6.53. The Morgan fingerprint density at radius 2 is 1.83 bits per heavy atom. The molecular formula is C21H23N3O6. The lowest BCUT2D eigenvalue weighted by atomic mass is 10.2. The van der Waals surface area contributed by atoms with E-state index in [1.807, 2.05) is 24.3 Å². The third kappa shape index (κ3) is 4.45. The highest BCUT2D eigenvalue weighted by Gasteiger charge is 2.19. The van der Waals surface area contributed by atoms with Crippen LogP contribution in [0.3, 0.4) is 0 Å². The number of amides is 1. The molecule has 30 heavy (non-hydrogen) atoms. The van der Waals surface area contributed by atoms with E-state index in [1.54, 1.807) is 32.4 Å². The third-order valence-corrected chi connectivity index (χ3v) is 4.60. The van der Waals surface area contributed by atoms with E-state index < -0.39 is 5.76 Å². The standard InChI is InChI=1S/C21H23N3O6/c1-23(12-14-6-5-7-16(10-14)27-2)19(25)13-24-20(22-30-21(24)26)15-8-9-17(28-3)18(11-15)29-4/h5-11H,12-13H2,1-4H3. The minimum absolute atomic E-state index is 0.216. The maximum Gasteiger partial charge on any atom is 0.442 e. The zero-order valence-corrected chi connectivity index (χ0v) is 17.2. The van der Waals surface area contributed by atoms with Crippen LogP contribution in [0.4, 0.5) is 0 Å². The summed E-state index contributed by atoms with van der Waals surface area (Å²) in [6, 6.07) is 12.5. The molecule has 2 aromatic carbocycles. The van der Waals surface area contributed by atoms with Crippen molar-refractivity contribution < 1.29 is 23.5 Å². The van der Waals surface area contributed by atoms with E-state index in [1.165, 1.54) is 23.7 Å². The van der Waals surface area contributed by atoms with Crippen molar-refractivity contribution in [3.05, 3.63) is 58.6 Å². The summed E-state index contributed by atoms with van der Waals surface area (Å²) in [4.78, 5) is 26.5. The molecule has 0 bridgehead atoms. The van der Waals surface area contributed by atoms with E-state index in [4.69, 9.17) is 18.7 Å². The van der Waals surface area contributed by atoms with Gasteiger partial charge in [-0.15, -0.1) is 0 Å². The van der Waals surface area contributed by atoms with E-state index in [0.29, 0.717) is 29.4 Å². The molecule has 9 nitrogen and oxygen atoms in total. The molecule has 0 saturated heterocycles. The van der Waals surface area contributed by atoms with Gasteiger partial charge in [0.15, 0.2) is 17.3 Å². The molecule has 3 aromatic rings. The van der Waals surface area contributed by atoms with Crippen LogP contribution in [0.25, 0.3) is 11.4 Å². The molecule has 158 valence electrons. The van der Waals surface area contributed by atoms with E-state index in [2.05, 4.69) is 5.16 Å². The summed E-state index contributed by atoms with van der Waals surface area (Å²) < 4.78 is 21.7. The number of nitrogens with zero attached hydrogens (tertiary/aromatic N) is 3. The van der Waals surface area contributed by atoms with Crippen LogP contribution in [0.15, 0.2) is 51.8 Å². The van der Waals surface area contributed by atoms with E-state index in [9.17, 15) is 9.59 Å². The average Bonchev–Trinajstić information content (AvgIpc) is 3.13. The van der Waals surface area contributed by atoms with Crippen LogP contribution in [0.5, 0.6) is 17.2 Å². The Balaban J connectivity index is 1.81. The van der Waals surface area contributed by atoms with Gasteiger partial charge in [0.1, 0.15) is 12.3 Å². The molecule has 0 fully saturated rings. The van der Waals surface area contributed by atoms with Crippen LogP contribution in [-0.2, 0) is 17.9 Å². The summed E-state index contributed by atoms with van der Waals surface area (Å²) in [6.45, 7) is 0.147. The predicted molar refractivity (Wildman–Crippen MR) is 109 cm³/mol. The van der Waals surface area contributed by atoms with Crippen molar-refractivity contribution in [1.82, 2.24) is 14.6 Å². The van der Waals surface area contributed by atoms with Crippen LogP contribution in [-0.4, -0.2) is 48.9 Å². The zero-order chi connectivity index (χ0) is 21.7. The van der Waals surface area contributed by atoms with Gasteiger partial charge in [0.25, 0.3) is 0 Å². The topological polar surface area (TPSA) is 96.0 Å². The first kappa shape index (κ1) is 21.0. The lowest BCUT2D eigenvalue weighted by Crippen LogP contribution is -2.32. The summed E-state index contributed by atoms with van der Waals surface area (Å²) in [5, 5.41) is 3.83. The predicted octanol–water partition coefficient (Wildman–Crippen LogP) is 2.19. The molecule has 0 unspecified atom stereocenters. The monoisotopic (exact) mass is 413 g/mol. The number of carbonyl (C=O) groups excluding carboxylic acids is 1. The zero-order valence-electron chi connectivity index (χ0n) is 17.2. The normalized spacial score (nSPS) is 10.5. The number of methoxy groups -OCH3 is 3. The number of ether oxygens (including phenoxy) is 3. The van der Waals surface area contributed by atoms with Crippen molar-refractivity contribution in [2.24, 2.45) is 0 Å². The molecule has 3 rings (SSSR count). The Kier molecular flexibility index (Phi) is 6.41. The number of carbonyl (C=O) groups is 1. The van der Waals surface area contributed by atoms with E-state index >= 15 is 0 Å². The van der Waals surface area contributed by atoms with Crippen molar-refractivity contribution in [2.75, 3.05) is 28.4 Å². The number of aromatic nitrogens is 2.